The lowest BCUT2D eigenvalue weighted by molar-refractivity contribution is 0.976. The van der Waals surface area contributed by atoms with E-state index in [4.69, 9.17) is 4.98 Å². The minimum absolute atomic E-state index is 0.0865. The van der Waals surface area contributed by atoms with E-state index in [1.54, 1.807) is 4.57 Å². The van der Waals surface area contributed by atoms with Crippen molar-refractivity contribution in [2.75, 3.05) is 0 Å². The zero-order chi connectivity index (χ0) is 20.5. The van der Waals surface area contributed by atoms with Gasteiger partial charge in [0.25, 0.3) is 5.56 Å². The van der Waals surface area contributed by atoms with E-state index in [2.05, 4.69) is 34.1 Å². The second-order valence-electron chi connectivity index (χ2n) is 7.02. The van der Waals surface area contributed by atoms with Crippen LogP contribution in [-0.4, -0.2) is 9.55 Å². The molecule has 1 aromatic heterocycles. The molecule has 0 amide bonds. The topological polar surface area (TPSA) is 34.9 Å². The third-order valence-electron chi connectivity index (χ3n) is 5.07. The first-order valence-corrected chi connectivity index (χ1v) is 10.4. The average Bonchev–Trinajstić information content (AvgIpc) is 2.80. The van der Waals surface area contributed by atoms with Crippen LogP contribution in [0.15, 0.2) is 112 Å². The Morgan fingerprint density at radius 3 is 2.07 bits per heavy atom. The highest BCUT2D eigenvalue weighted by atomic mass is 79.9. The standard InChI is InChI=1S/C26H17BrN2O/c27-21-14-15-23-24(17-21)28-25(19-10-5-2-6-11-19)29(26(23)30)22-13-7-12-20(16-22)18-8-3-1-4-9-18/h1-17H. The molecule has 30 heavy (non-hydrogen) atoms. The van der Waals surface area contributed by atoms with Crippen LogP contribution in [-0.2, 0) is 0 Å². The van der Waals surface area contributed by atoms with Gasteiger partial charge in [-0.3, -0.25) is 9.36 Å². The molecule has 0 atom stereocenters. The first-order chi connectivity index (χ1) is 14.7. The summed E-state index contributed by atoms with van der Waals surface area (Å²) >= 11 is 3.49. The van der Waals surface area contributed by atoms with Gasteiger partial charge < -0.3 is 0 Å². The lowest BCUT2D eigenvalue weighted by Gasteiger charge is -2.15. The van der Waals surface area contributed by atoms with E-state index < -0.39 is 0 Å². The summed E-state index contributed by atoms with van der Waals surface area (Å²) in [5.41, 5.74) is 4.42. The van der Waals surface area contributed by atoms with Crippen molar-refractivity contribution in [3.05, 3.63) is 118 Å². The van der Waals surface area contributed by atoms with E-state index in [1.807, 2.05) is 84.9 Å². The molecule has 0 aliphatic rings. The summed E-state index contributed by atoms with van der Waals surface area (Å²) in [6.07, 6.45) is 0. The van der Waals surface area contributed by atoms with Crippen LogP contribution in [0.2, 0.25) is 0 Å². The summed E-state index contributed by atoms with van der Waals surface area (Å²) in [6.45, 7) is 0. The van der Waals surface area contributed by atoms with Crippen molar-refractivity contribution in [2.45, 2.75) is 0 Å². The molecule has 0 unspecified atom stereocenters. The van der Waals surface area contributed by atoms with Crippen LogP contribution >= 0.6 is 15.9 Å². The van der Waals surface area contributed by atoms with Crippen molar-refractivity contribution in [2.24, 2.45) is 0 Å². The van der Waals surface area contributed by atoms with Crippen LogP contribution in [0.5, 0.6) is 0 Å². The molecule has 0 N–H and O–H groups in total. The fraction of sp³-hybridized carbons (Fsp3) is 0. The number of hydrogen-bond acceptors (Lipinski definition) is 2. The van der Waals surface area contributed by atoms with Gasteiger partial charge in [0, 0.05) is 10.0 Å². The summed E-state index contributed by atoms with van der Waals surface area (Å²) < 4.78 is 2.60. The molecule has 1 heterocycles. The lowest BCUT2D eigenvalue weighted by Crippen LogP contribution is -2.22. The van der Waals surface area contributed by atoms with Crippen molar-refractivity contribution in [3.8, 4) is 28.2 Å². The van der Waals surface area contributed by atoms with Gasteiger partial charge in [0.05, 0.1) is 16.6 Å². The second-order valence-corrected chi connectivity index (χ2v) is 7.94. The van der Waals surface area contributed by atoms with Crippen LogP contribution in [0.4, 0.5) is 0 Å². The number of hydrogen-bond donors (Lipinski definition) is 0. The van der Waals surface area contributed by atoms with Gasteiger partial charge in [-0.25, -0.2) is 4.98 Å². The molecular weight excluding hydrogens is 436 g/mol. The Bertz CT molecular complexity index is 1410. The molecule has 0 aliphatic carbocycles. The van der Waals surface area contributed by atoms with E-state index in [-0.39, 0.29) is 5.56 Å². The van der Waals surface area contributed by atoms with Crippen LogP contribution < -0.4 is 5.56 Å². The van der Waals surface area contributed by atoms with Crippen molar-refractivity contribution >= 4 is 26.8 Å². The van der Waals surface area contributed by atoms with E-state index in [0.29, 0.717) is 16.7 Å². The third-order valence-corrected chi connectivity index (χ3v) is 5.57. The predicted molar refractivity (Wildman–Crippen MR) is 126 cm³/mol. The SMILES string of the molecule is O=c1c2ccc(Br)cc2nc(-c2ccccc2)n1-c1cccc(-c2ccccc2)c1. The fourth-order valence-corrected chi connectivity index (χ4v) is 3.98. The lowest BCUT2D eigenvalue weighted by atomic mass is 10.0. The monoisotopic (exact) mass is 452 g/mol. The molecule has 5 aromatic rings. The Morgan fingerprint density at radius 1 is 0.667 bits per heavy atom. The van der Waals surface area contributed by atoms with Crippen LogP contribution in [0.1, 0.15) is 0 Å². The molecule has 0 aliphatic heterocycles. The van der Waals surface area contributed by atoms with Crippen molar-refractivity contribution in [1.82, 2.24) is 9.55 Å². The minimum atomic E-state index is -0.0865. The molecule has 0 saturated heterocycles. The average molecular weight is 453 g/mol. The number of fused-ring (bicyclic) bond motifs is 1. The maximum Gasteiger partial charge on any atom is 0.266 e. The highest BCUT2D eigenvalue weighted by Gasteiger charge is 2.15. The number of nitrogens with zero attached hydrogens (tertiary/aromatic N) is 2. The third kappa shape index (κ3) is 3.36. The van der Waals surface area contributed by atoms with Gasteiger partial charge in [-0.05, 0) is 41.5 Å². The highest BCUT2D eigenvalue weighted by molar-refractivity contribution is 9.10. The second kappa shape index (κ2) is 7.73. The van der Waals surface area contributed by atoms with E-state index in [1.165, 1.54) is 0 Å². The van der Waals surface area contributed by atoms with Gasteiger partial charge in [0.15, 0.2) is 0 Å². The molecule has 144 valence electrons. The van der Waals surface area contributed by atoms with Gasteiger partial charge >= 0.3 is 0 Å². The molecule has 0 bridgehead atoms. The van der Waals surface area contributed by atoms with E-state index in [0.717, 1.165) is 26.9 Å². The predicted octanol–water partition coefficient (Wildman–Crippen LogP) is 6.48. The molecule has 0 saturated carbocycles. The number of rotatable bonds is 3. The zero-order valence-electron chi connectivity index (χ0n) is 16.0. The summed E-state index contributed by atoms with van der Waals surface area (Å²) in [5.74, 6) is 0.622. The Labute approximate surface area is 182 Å². The van der Waals surface area contributed by atoms with Gasteiger partial charge in [-0.1, -0.05) is 88.7 Å². The largest absolute Gasteiger partial charge is 0.268 e. The van der Waals surface area contributed by atoms with E-state index >= 15 is 0 Å². The van der Waals surface area contributed by atoms with Gasteiger partial charge in [-0.15, -0.1) is 0 Å². The van der Waals surface area contributed by atoms with Crippen LogP contribution in [0.3, 0.4) is 0 Å². The quantitative estimate of drug-likeness (QED) is 0.313. The first kappa shape index (κ1) is 18.5. The highest BCUT2D eigenvalue weighted by Crippen LogP contribution is 2.26. The van der Waals surface area contributed by atoms with Gasteiger partial charge in [-0.2, -0.15) is 0 Å². The van der Waals surface area contributed by atoms with Crippen molar-refractivity contribution in [1.29, 1.82) is 0 Å². The number of halogens is 1. The Hall–Kier alpha value is -3.50. The van der Waals surface area contributed by atoms with E-state index in [9.17, 15) is 4.79 Å². The van der Waals surface area contributed by atoms with Crippen LogP contribution in [0, 0.1) is 0 Å². The molecule has 3 nitrogen and oxygen atoms in total. The summed E-state index contributed by atoms with van der Waals surface area (Å²) in [6, 6.07) is 33.6. The van der Waals surface area contributed by atoms with Crippen LogP contribution in [0.25, 0.3) is 39.1 Å². The molecule has 4 heteroatoms. The molecule has 0 fully saturated rings. The zero-order valence-corrected chi connectivity index (χ0v) is 17.6. The van der Waals surface area contributed by atoms with Gasteiger partial charge in [0.2, 0.25) is 0 Å². The summed E-state index contributed by atoms with van der Waals surface area (Å²) in [5, 5.41) is 0.586. The summed E-state index contributed by atoms with van der Waals surface area (Å²) in [7, 11) is 0. The van der Waals surface area contributed by atoms with Crippen molar-refractivity contribution in [3.63, 3.8) is 0 Å². The Balaban J connectivity index is 1.82. The minimum Gasteiger partial charge on any atom is -0.268 e. The van der Waals surface area contributed by atoms with Crippen molar-refractivity contribution < 1.29 is 0 Å². The normalized spacial score (nSPS) is 11.0. The fourth-order valence-electron chi connectivity index (χ4n) is 3.63. The molecule has 4 aromatic carbocycles. The Morgan fingerprint density at radius 2 is 1.33 bits per heavy atom. The number of benzene rings is 4. The maximum absolute atomic E-state index is 13.6. The number of aromatic nitrogens is 2. The molecule has 0 radical (unpaired) electrons. The first-order valence-electron chi connectivity index (χ1n) is 9.64. The maximum atomic E-state index is 13.6. The Kier molecular flexibility index (Phi) is 4.77. The molecule has 5 rings (SSSR count). The smallest absolute Gasteiger partial charge is 0.266 e. The van der Waals surface area contributed by atoms with Gasteiger partial charge in [0.1, 0.15) is 5.82 Å². The summed E-state index contributed by atoms with van der Waals surface area (Å²) in [4.78, 5) is 18.5. The molecule has 0 spiro atoms. The molecular formula is C26H17BrN2O.